The van der Waals surface area contributed by atoms with Crippen LogP contribution in [0.3, 0.4) is 0 Å². The summed E-state index contributed by atoms with van der Waals surface area (Å²) < 4.78 is 8.15. The molecule has 3 aromatic rings. The molecule has 1 atom stereocenters. The molecule has 3 rings (SSSR count). The first kappa shape index (κ1) is 18.4. The molecule has 4 heteroatoms. The summed E-state index contributed by atoms with van der Waals surface area (Å²) in [5.74, 6) is 0. The van der Waals surface area contributed by atoms with Crippen molar-refractivity contribution in [1.82, 2.24) is 14.7 Å². The molecule has 2 aromatic carbocycles. The second kappa shape index (κ2) is 9.32. The highest BCUT2D eigenvalue weighted by molar-refractivity contribution is 5.25. The molecule has 1 heterocycles. The molecule has 4 nitrogen and oxygen atoms in total. The van der Waals surface area contributed by atoms with Gasteiger partial charge in [-0.15, -0.1) is 0 Å². The van der Waals surface area contributed by atoms with Crippen molar-refractivity contribution in [3.8, 4) is 0 Å². The third kappa shape index (κ3) is 5.04. The SMILES string of the molecule is CN(CCCOC(c1ccccc1)c1ccnn1C)Cc1ccccc1. The van der Waals surface area contributed by atoms with Gasteiger partial charge in [0.1, 0.15) is 6.10 Å². The van der Waals surface area contributed by atoms with E-state index in [2.05, 4.69) is 71.6 Å². The summed E-state index contributed by atoms with van der Waals surface area (Å²) in [5, 5.41) is 4.29. The first-order valence-corrected chi connectivity index (χ1v) is 9.11. The van der Waals surface area contributed by atoms with Gasteiger partial charge in [-0.1, -0.05) is 60.7 Å². The van der Waals surface area contributed by atoms with E-state index < -0.39 is 0 Å². The molecular formula is C22H27N3O. The molecule has 0 aliphatic carbocycles. The number of hydrogen-bond acceptors (Lipinski definition) is 3. The van der Waals surface area contributed by atoms with Gasteiger partial charge in [0.25, 0.3) is 0 Å². The van der Waals surface area contributed by atoms with Crippen molar-refractivity contribution in [2.24, 2.45) is 7.05 Å². The molecule has 0 saturated carbocycles. The van der Waals surface area contributed by atoms with E-state index >= 15 is 0 Å². The van der Waals surface area contributed by atoms with Gasteiger partial charge in [0.2, 0.25) is 0 Å². The lowest BCUT2D eigenvalue weighted by Crippen LogP contribution is -2.21. The van der Waals surface area contributed by atoms with Crippen molar-refractivity contribution in [2.45, 2.75) is 19.1 Å². The Kier molecular flexibility index (Phi) is 6.58. The van der Waals surface area contributed by atoms with Crippen LogP contribution in [0.2, 0.25) is 0 Å². The van der Waals surface area contributed by atoms with Crippen molar-refractivity contribution in [1.29, 1.82) is 0 Å². The minimum absolute atomic E-state index is 0.0804. The summed E-state index contributed by atoms with van der Waals surface area (Å²) in [7, 11) is 4.12. The van der Waals surface area contributed by atoms with E-state index in [0.29, 0.717) is 6.61 Å². The predicted octanol–water partition coefficient (Wildman–Crippen LogP) is 4.05. The van der Waals surface area contributed by atoms with Crippen LogP contribution in [0, 0.1) is 0 Å². The molecule has 0 aliphatic rings. The smallest absolute Gasteiger partial charge is 0.124 e. The molecule has 0 aliphatic heterocycles. The highest BCUT2D eigenvalue weighted by Gasteiger charge is 2.17. The van der Waals surface area contributed by atoms with Gasteiger partial charge in [-0.25, -0.2) is 0 Å². The maximum atomic E-state index is 6.27. The number of nitrogens with zero attached hydrogens (tertiary/aromatic N) is 3. The van der Waals surface area contributed by atoms with Crippen LogP contribution >= 0.6 is 0 Å². The lowest BCUT2D eigenvalue weighted by Gasteiger charge is -2.20. The van der Waals surface area contributed by atoms with Crippen LogP contribution in [-0.2, 0) is 18.3 Å². The fraction of sp³-hybridized carbons (Fsp3) is 0.318. The molecule has 26 heavy (non-hydrogen) atoms. The average Bonchev–Trinajstić information content (AvgIpc) is 3.09. The largest absolute Gasteiger partial charge is 0.367 e. The Morgan fingerprint density at radius 2 is 1.69 bits per heavy atom. The number of ether oxygens (including phenoxy) is 1. The Morgan fingerprint density at radius 1 is 1.00 bits per heavy atom. The number of rotatable bonds is 9. The van der Waals surface area contributed by atoms with E-state index in [4.69, 9.17) is 4.74 Å². The Hall–Kier alpha value is -2.43. The lowest BCUT2D eigenvalue weighted by atomic mass is 10.1. The maximum absolute atomic E-state index is 6.27. The van der Waals surface area contributed by atoms with E-state index in [1.807, 2.05) is 30.1 Å². The van der Waals surface area contributed by atoms with Crippen LogP contribution in [0.1, 0.15) is 29.3 Å². The molecular weight excluding hydrogens is 322 g/mol. The molecule has 0 fully saturated rings. The van der Waals surface area contributed by atoms with Crippen molar-refractivity contribution in [3.05, 3.63) is 89.7 Å². The molecule has 1 unspecified atom stereocenters. The van der Waals surface area contributed by atoms with Crippen molar-refractivity contribution < 1.29 is 4.74 Å². The van der Waals surface area contributed by atoms with Crippen LogP contribution < -0.4 is 0 Å². The molecule has 0 amide bonds. The van der Waals surface area contributed by atoms with Gasteiger partial charge in [0.05, 0.1) is 5.69 Å². The number of aryl methyl sites for hydroxylation is 1. The zero-order valence-electron chi connectivity index (χ0n) is 15.6. The Labute approximate surface area is 156 Å². The second-order valence-electron chi connectivity index (χ2n) is 6.62. The fourth-order valence-corrected chi connectivity index (χ4v) is 3.13. The van der Waals surface area contributed by atoms with Gasteiger partial charge < -0.3 is 9.64 Å². The van der Waals surface area contributed by atoms with Crippen LogP contribution in [-0.4, -0.2) is 34.9 Å². The van der Waals surface area contributed by atoms with Crippen molar-refractivity contribution in [2.75, 3.05) is 20.2 Å². The van der Waals surface area contributed by atoms with Gasteiger partial charge >= 0.3 is 0 Å². The zero-order valence-corrected chi connectivity index (χ0v) is 15.6. The number of hydrogen-bond donors (Lipinski definition) is 0. The highest BCUT2D eigenvalue weighted by Crippen LogP contribution is 2.25. The van der Waals surface area contributed by atoms with Gasteiger partial charge in [-0.05, 0) is 30.7 Å². The average molecular weight is 349 g/mol. The normalized spacial score (nSPS) is 12.4. The second-order valence-corrected chi connectivity index (χ2v) is 6.62. The first-order chi connectivity index (χ1) is 12.7. The fourth-order valence-electron chi connectivity index (χ4n) is 3.13. The van der Waals surface area contributed by atoms with Crippen LogP contribution in [0.25, 0.3) is 0 Å². The van der Waals surface area contributed by atoms with Crippen molar-refractivity contribution >= 4 is 0 Å². The number of aromatic nitrogens is 2. The minimum atomic E-state index is -0.0804. The summed E-state index contributed by atoms with van der Waals surface area (Å²) in [6.07, 6.45) is 2.73. The lowest BCUT2D eigenvalue weighted by molar-refractivity contribution is 0.0678. The standard InChI is InChI=1S/C22H27N3O/c1-24(18-19-10-5-3-6-11-19)16-9-17-26-22(20-12-7-4-8-13-20)21-14-15-23-25(21)2/h3-8,10-15,22H,9,16-18H2,1-2H3. The topological polar surface area (TPSA) is 30.3 Å². The minimum Gasteiger partial charge on any atom is -0.367 e. The van der Waals surface area contributed by atoms with E-state index in [9.17, 15) is 0 Å². The van der Waals surface area contributed by atoms with Crippen LogP contribution in [0.4, 0.5) is 0 Å². The van der Waals surface area contributed by atoms with E-state index in [1.165, 1.54) is 5.56 Å². The van der Waals surface area contributed by atoms with Crippen molar-refractivity contribution in [3.63, 3.8) is 0 Å². The quantitative estimate of drug-likeness (QED) is 0.546. The Balaban J connectivity index is 1.53. The molecule has 136 valence electrons. The summed E-state index contributed by atoms with van der Waals surface area (Å²) in [6, 6.07) is 22.9. The molecule has 0 saturated heterocycles. The van der Waals surface area contributed by atoms with Crippen LogP contribution in [0.5, 0.6) is 0 Å². The molecule has 0 spiro atoms. The van der Waals surface area contributed by atoms with Gasteiger partial charge in [-0.3, -0.25) is 4.68 Å². The Bertz CT molecular complexity index is 770. The van der Waals surface area contributed by atoms with Gasteiger partial charge in [0.15, 0.2) is 0 Å². The summed E-state index contributed by atoms with van der Waals surface area (Å²) in [4.78, 5) is 2.33. The van der Waals surface area contributed by atoms with Crippen LogP contribution in [0.15, 0.2) is 72.9 Å². The van der Waals surface area contributed by atoms with Gasteiger partial charge in [0, 0.05) is 32.9 Å². The Morgan fingerprint density at radius 3 is 2.35 bits per heavy atom. The molecule has 0 bridgehead atoms. The molecule has 1 aromatic heterocycles. The maximum Gasteiger partial charge on any atom is 0.124 e. The predicted molar refractivity (Wildman–Crippen MR) is 105 cm³/mol. The van der Waals surface area contributed by atoms with Gasteiger partial charge in [-0.2, -0.15) is 5.10 Å². The zero-order chi connectivity index (χ0) is 18.2. The monoisotopic (exact) mass is 349 g/mol. The molecule has 0 N–H and O–H groups in total. The summed E-state index contributed by atoms with van der Waals surface area (Å²) in [5.41, 5.74) is 3.58. The third-order valence-corrected chi connectivity index (χ3v) is 4.49. The summed E-state index contributed by atoms with van der Waals surface area (Å²) >= 11 is 0. The molecule has 0 radical (unpaired) electrons. The first-order valence-electron chi connectivity index (χ1n) is 9.11. The number of benzene rings is 2. The third-order valence-electron chi connectivity index (χ3n) is 4.49. The highest BCUT2D eigenvalue weighted by atomic mass is 16.5. The van der Waals surface area contributed by atoms with E-state index in [-0.39, 0.29) is 6.10 Å². The van der Waals surface area contributed by atoms with E-state index in [1.54, 1.807) is 0 Å². The van der Waals surface area contributed by atoms with E-state index in [0.717, 1.165) is 30.8 Å². The summed E-state index contributed by atoms with van der Waals surface area (Å²) in [6.45, 7) is 2.68.